The second kappa shape index (κ2) is 7.21. The number of rotatable bonds is 3. The van der Waals surface area contributed by atoms with Crippen LogP contribution in [0.25, 0.3) is 0 Å². The molecule has 1 N–H and O–H groups in total. The van der Waals surface area contributed by atoms with E-state index in [-0.39, 0.29) is 16.7 Å². The van der Waals surface area contributed by atoms with Gasteiger partial charge >= 0.3 is 6.18 Å². The maximum Gasteiger partial charge on any atom is 0.416 e. The summed E-state index contributed by atoms with van der Waals surface area (Å²) < 4.78 is 67.7. The van der Waals surface area contributed by atoms with Crippen LogP contribution in [0.2, 0.25) is 0 Å². The van der Waals surface area contributed by atoms with E-state index in [4.69, 9.17) is 0 Å². The SMILES string of the molecule is CN1CCC2(C)c3cc(O)ccc3C[C@@H]1[C@H]2N(C)S(=O)(=O)c1cccc(C(F)(F)F)c1. The minimum absolute atomic E-state index is 0.111. The van der Waals surface area contributed by atoms with Crippen molar-refractivity contribution in [3.63, 3.8) is 0 Å². The van der Waals surface area contributed by atoms with Crippen LogP contribution < -0.4 is 0 Å². The normalized spacial score (nSPS) is 26.7. The van der Waals surface area contributed by atoms with Crippen molar-refractivity contribution in [3.05, 3.63) is 59.2 Å². The van der Waals surface area contributed by atoms with Gasteiger partial charge in [0.25, 0.3) is 0 Å². The topological polar surface area (TPSA) is 60.9 Å². The second-order valence-electron chi connectivity index (χ2n) is 8.75. The number of halogens is 3. The van der Waals surface area contributed by atoms with Gasteiger partial charge in [-0.1, -0.05) is 19.1 Å². The molecule has 0 amide bonds. The minimum Gasteiger partial charge on any atom is -0.508 e. The summed E-state index contributed by atoms with van der Waals surface area (Å²) in [5.74, 6) is 0.111. The van der Waals surface area contributed by atoms with Crippen molar-refractivity contribution in [3.8, 4) is 5.75 Å². The average molecular weight is 455 g/mol. The molecule has 2 aromatic rings. The molecule has 2 aliphatic rings. The van der Waals surface area contributed by atoms with Crippen LogP contribution in [0.3, 0.4) is 0 Å². The molecule has 31 heavy (non-hydrogen) atoms. The Hall–Kier alpha value is -2.10. The molecule has 1 aliphatic carbocycles. The summed E-state index contributed by atoms with van der Waals surface area (Å²) in [6, 6.07) is 8.42. The summed E-state index contributed by atoms with van der Waals surface area (Å²) in [6.45, 7) is 2.73. The van der Waals surface area contributed by atoms with Crippen molar-refractivity contribution in [2.45, 2.75) is 48.3 Å². The zero-order chi connectivity index (χ0) is 22.8. The first-order chi connectivity index (χ1) is 14.4. The zero-order valence-corrected chi connectivity index (χ0v) is 18.3. The molecule has 1 aliphatic heterocycles. The van der Waals surface area contributed by atoms with Crippen LogP contribution in [0.5, 0.6) is 5.75 Å². The summed E-state index contributed by atoms with van der Waals surface area (Å²) in [7, 11) is -0.813. The molecule has 9 heteroatoms. The third kappa shape index (κ3) is 3.52. The van der Waals surface area contributed by atoms with Gasteiger partial charge in [0.15, 0.2) is 0 Å². The molecule has 0 aromatic heterocycles. The number of nitrogens with zero attached hydrogens (tertiary/aromatic N) is 2. The number of phenolic OH excluding ortho intramolecular Hbond substituents is 1. The number of phenols is 1. The van der Waals surface area contributed by atoms with Gasteiger partial charge < -0.3 is 10.0 Å². The monoisotopic (exact) mass is 454 g/mol. The van der Waals surface area contributed by atoms with Gasteiger partial charge in [-0.3, -0.25) is 0 Å². The lowest BCUT2D eigenvalue weighted by Gasteiger charge is -2.56. The van der Waals surface area contributed by atoms with Gasteiger partial charge in [-0.2, -0.15) is 17.5 Å². The average Bonchev–Trinajstić information content (AvgIpc) is 2.70. The van der Waals surface area contributed by atoms with E-state index >= 15 is 0 Å². The Labute approximate surface area is 180 Å². The molecular weight excluding hydrogens is 429 g/mol. The van der Waals surface area contributed by atoms with Crippen molar-refractivity contribution in [2.24, 2.45) is 0 Å². The third-order valence-corrected chi connectivity index (χ3v) is 8.77. The highest BCUT2D eigenvalue weighted by molar-refractivity contribution is 7.89. The highest BCUT2D eigenvalue weighted by atomic mass is 32.2. The van der Waals surface area contributed by atoms with Crippen LogP contribution in [-0.4, -0.2) is 55.5 Å². The van der Waals surface area contributed by atoms with Gasteiger partial charge in [-0.15, -0.1) is 0 Å². The van der Waals surface area contributed by atoms with E-state index in [1.165, 1.54) is 17.4 Å². The number of likely N-dealkylation sites (tertiary alicyclic amines) is 1. The van der Waals surface area contributed by atoms with Gasteiger partial charge in [0.1, 0.15) is 5.75 Å². The number of likely N-dealkylation sites (N-methyl/N-ethyl adjacent to an activating group) is 2. The zero-order valence-electron chi connectivity index (χ0n) is 17.5. The molecule has 1 heterocycles. The first-order valence-electron chi connectivity index (χ1n) is 10.0. The molecule has 0 radical (unpaired) electrons. The predicted molar refractivity (Wildman–Crippen MR) is 110 cm³/mol. The lowest BCUT2D eigenvalue weighted by molar-refractivity contribution is -0.137. The van der Waals surface area contributed by atoms with E-state index < -0.39 is 33.2 Å². The predicted octanol–water partition coefficient (Wildman–Crippen LogP) is 3.62. The Kier molecular flexibility index (Phi) is 5.14. The maximum atomic E-state index is 13.5. The summed E-state index contributed by atoms with van der Waals surface area (Å²) in [6.07, 6.45) is -3.38. The lowest BCUT2D eigenvalue weighted by atomic mass is 9.61. The summed E-state index contributed by atoms with van der Waals surface area (Å²) >= 11 is 0. The number of piperidine rings is 1. The van der Waals surface area contributed by atoms with Crippen molar-refractivity contribution < 1.29 is 26.7 Å². The van der Waals surface area contributed by atoms with Crippen LogP contribution in [0.1, 0.15) is 30.0 Å². The Balaban J connectivity index is 1.81. The van der Waals surface area contributed by atoms with Gasteiger partial charge in [-0.25, -0.2) is 8.42 Å². The third-order valence-electron chi connectivity index (χ3n) is 6.94. The van der Waals surface area contributed by atoms with Crippen molar-refractivity contribution in [1.82, 2.24) is 9.21 Å². The number of hydrogen-bond donors (Lipinski definition) is 1. The molecule has 4 rings (SSSR count). The molecule has 168 valence electrons. The van der Waals surface area contributed by atoms with E-state index in [2.05, 4.69) is 4.90 Å². The Morgan fingerprint density at radius 1 is 1.19 bits per heavy atom. The number of benzene rings is 2. The summed E-state index contributed by atoms with van der Waals surface area (Å²) in [5, 5.41) is 10.1. The van der Waals surface area contributed by atoms with E-state index in [1.807, 2.05) is 20.0 Å². The smallest absolute Gasteiger partial charge is 0.416 e. The number of aromatic hydroxyl groups is 1. The molecule has 0 saturated carbocycles. The van der Waals surface area contributed by atoms with Crippen molar-refractivity contribution in [1.29, 1.82) is 0 Å². The maximum absolute atomic E-state index is 13.5. The fraction of sp³-hybridized carbons (Fsp3) is 0.455. The van der Waals surface area contributed by atoms with E-state index in [0.717, 1.165) is 29.8 Å². The van der Waals surface area contributed by atoms with Gasteiger partial charge in [-0.05, 0) is 67.9 Å². The Bertz CT molecular complexity index is 1120. The number of sulfonamides is 1. The van der Waals surface area contributed by atoms with Crippen LogP contribution >= 0.6 is 0 Å². The van der Waals surface area contributed by atoms with E-state index in [0.29, 0.717) is 18.9 Å². The molecular formula is C22H25F3N2O3S. The lowest BCUT2D eigenvalue weighted by Crippen LogP contribution is -2.67. The summed E-state index contributed by atoms with van der Waals surface area (Å²) in [5.41, 5.74) is 0.364. The molecule has 1 unspecified atom stereocenters. The first-order valence-corrected chi connectivity index (χ1v) is 11.5. The first kappa shape index (κ1) is 22.1. The second-order valence-corrected chi connectivity index (χ2v) is 10.8. The van der Waals surface area contributed by atoms with E-state index in [1.54, 1.807) is 12.1 Å². The Morgan fingerprint density at radius 3 is 2.58 bits per heavy atom. The van der Waals surface area contributed by atoms with E-state index in [9.17, 15) is 26.7 Å². The number of alkyl halides is 3. The fourth-order valence-corrected chi connectivity index (χ4v) is 6.77. The molecule has 0 spiro atoms. The van der Waals surface area contributed by atoms with Gasteiger partial charge in [0.2, 0.25) is 10.0 Å². The van der Waals surface area contributed by atoms with Crippen LogP contribution in [0.15, 0.2) is 47.4 Å². The molecule has 2 aromatic carbocycles. The fourth-order valence-electron chi connectivity index (χ4n) is 5.24. The highest BCUT2D eigenvalue weighted by Crippen LogP contribution is 2.48. The molecule has 1 saturated heterocycles. The van der Waals surface area contributed by atoms with Crippen LogP contribution in [-0.2, 0) is 28.0 Å². The molecule has 5 nitrogen and oxygen atoms in total. The minimum atomic E-state index is -4.63. The Morgan fingerprint density at radius 2 is 1.90 bits per heavy atom. The molecule has 2 bridgehead atoms. The van der Waals surface area contributed by atoms with Crippen molar-refractivity contribution in [2.75, 3.05) is 20.6 Å². The molecule has 3 atom stereocenters. The van der Waals surface area contributed by atoms with Gasteiger partial charge in [0.05, 0.1) is 16.5 Å². The highest BCUT2D eigenvalue weighted by Gasteiger charge is 2.54. The standard InChI is InChI=1S/C22H25F3N2O3S/c1-21-9-10-26(2)19(11-14-7-8-16(28)13-18(14)21)20(21)27(3)31(29,30)17-6-4-5-15(12-17)22(23,24)25/h4-8,12-13,19-20,28H,9-11H2,1-3H3/t19-,20-,21?/m1/s1. The van der Waals surface area contributed by atoms with Gasteiger partial charge in [0, 0.05) is 18.5 Å². The van der Waals surface area contributed by atoms with Crippen LogP contribution in [0, 0.1) is 0 Å². The quantitative estimate of drug-likeness (QED) is 0.770. The largest absolute Gasteiger partial charge is 0.508 e. The molecule has 1 fully saturated rings. The van der Waals surface area contributed by atoms with Crippen molar-refractivity contribution >= 4 is 10.0 Å². The van der Waals surface area contributed by atoms with Crippen LogP contribution in [0.4, 0.5) is 13.2 Å². The number of fused-ring (bicyclic) bond motifs is 4. The summed E-state index contributed by atoms with van der Waals surface area (Å²) in [4.78, 5) is 1.73. The number of hydrogen-bond acceptors (Lipinski definition) is 4.